The highest BCUT2D eigenvalue weighted by Gasteiger charge is 2.11. The largest absolute Gasteiger partial charge is 0.389 e. The quantitative estimate of drug-likeness (QED) is 0.733. The average Bonchev–Trinajstić information content (AvgIpc) is 2.82. The lowest BCUT2D eigenvalue weighted by Gasteiger charge is -2.10. The van der Waals surface area contributed by atoms with Crippen molar-refractivity contribution < 1.29 is 0 Å². The van der Waals surface area contributed by atoms with Crippen LogP contribution in [0.15, 0.2) is 42.7 Å². The summed E-state index contributed by atoms with van der Waals surface area (Å²) >= 11 is 5.14. The number of aromatic nitrogens is 2. The molecule has 2 N–H and O–H groups in total. The van der Waals surface area contributed by atoms with Gasteiger partial charge in [-0.3, -0.25) is 4.57 Å². The van der Waals surface area contributed by atoms with Crippen LogP contribution in [0.1, 0.15) is 16.7 Å². The molecule has 0 atom stereocenters. The standard InChI is InChI=1S/C16H15N3S/c1-10-7-13-15(8-11(10)2)19(9-18-13)14-6-4-3-5-12(14)16(17)20/h3-9H,1-2H3,(H2,17,20). The van der Waals surface area contributed by atoms with Gasteiger partial charge >= 0.3 is 0 Å². The van der Waals surface area contributed by atoms with Crippen molar-refractivity contribution in [3.63, 3.8) is 0 Å². The van der Waals surface area contributed by atoms with Crippen molar-refractivity contribution in [2.45, 2.75) is 13.8 Å². The second kappa shape index (κ2) is 4.72. The first kappa shape index (κ1) is 12.8. The lowest BCUT2D eigenvalue weighted by molar-refractivity contribution is 1.09. The first-order valence-electron chi connectivity index (χ1n) is 6.41. The number of hydrogen-bond donors (Lipinski definition) is 1. The molecule has 0 fully saturated rings. The Morgan fingerprint density at radius 1 is 1.15 bits per heavy atom. The SMILES string of the molecule is Cc1cc2ncn(-c3ccccc3C(N)=S)c2cc1C. The third kappa shape index (κ3) is 1.98. The number of rotatable bonds is 2. The maximum absolute atomic E-state index is 5.82. The minimum atomic E-state index is 0.395. The molecule has 0 bridgehead atoms. The first-order valence-corrected chi connectivity index (χ1v) is 6.82. The molecule has 0 saturated carbocycles. The van der Waals surface area contributed by atoms with Crippen molar-refractivity contribution in [2.24, 2.45) is 5.73 Å². The zero-order chi connectivity index (χ0) is 14.3. The van der Waals surface area contributed by atoms with Gasteiger partial charge in [-0.15, -0.1) is 0 Å². The average molecular weight is 281 g/mol. The van der Waals surface area contributed by atoms with E-state index in [4.69, 9.17) is 18.0 Å². The van der Waals surface area contributed by atoms with Crippen LogP contribution in [0.2, 0.25) is 0 Å². The predicted octanol–water partition coefficient (Wildman–Crippen LogP) is 3.28. The molecule has 0 aliphatic rings. The fourth-order valence-electron chi connectivity index (χ4n) is 2.35. The Morgan fingerprint density at radius 3 is 2.60 bits per heavy atom. The van der Waals surface area contributed by atoms with Crippen LogP contribution in [0.3, 0.4) is 0 Å². The summed E-state index contributed by atoms with van der Waals surface area (Å²) in [5.74, 6) is 0. The lowest BCUT2D eigenvalue weighted by Crippen LogP contribution is -2.13. The molecule has 1 heterocycles. The highest BCUT2D eigenvalue weighted by Crippen LogP contribution is 2.23. The zero-order valence-electron chi connectivity index (χ0n) is 11.4. The van der Waals surface area contributed by atoms with E-state index < -0.39 is 0 Å². The third-order valence-corrected chi connectivity index (χ3v) is 3.81. The molecule has 0 saturated heterocycles. The second-order valence-electron chi connectivity index (χ2n) is 4.92. The molecule has 3 nitrogen and oxygen atoms in total. The molecule has 0 spiro atoms. The molecule has 0 aliphatic heterocycles. The third-order valence-electron chi connectivity index (χ3n) is 3.59. The van der Waals surface area contributed by atoms with Crippen LogP contribution < -0.4 is 5.73 Å². The summed E-state index contributed by atoms with van der Waals surface area (Å²) in [6.45, 7) is 4.20. The fourth-order valence-corrected chi connectivity index (χ4v) is 2.52. The molecular formula is C16H15N3S. The van der Waals surface area contributed by atoms with E-state index in [1.807, 2.05) is 35.2 Å². The number of imidazole rings is 1. The van der Waals surface area contributed by atoms with Gasteiger partial charge in [-0.25, -0.2) is 4.98 Å². The minimum absolute atomic E-state index is 0.395. The van der Waals surface area contributed by atoms with Crippen molar-refractivity contribution in [1.82, 2.24) is 9.55 Å². The molecule has 20 heavy (non-hydrogen) atoms. The second-order valence-corrected chi connectivity index (χ2v) is 5.36. The lowest BCUT2D eigenvalue weighted by atomic mass is 10.1. The number of nitrogens with zero attached hydrogens (tertiary/aromatic N) is 2. The van der Waals surface area contributed by atoms with Gasteiger partial charge in [0.1, 0.15) is 11.3 Å². The topological polar surface area (TPSA) is 43.8 Å². The van der Waals surface area contributed by atoms with Crippen molar-refractivity contribution in [3.8, 4) is 5.69 Å². The highest BCUT2D eigenvalue weighted by molar-refractivity contribution is 7.80. The molecule has 0 aliphatic carbocycles. The van der Waals surface area contributed by atoms with Crippen LogP contribution in [0.4, 0.5) is 0 Å². The van der Waals surface area contributed by atoms with E-state index in [1.165, 1.54) is 11.1 Å². The van der Waals surface area contributed by atoms with Crippen LogP contribution >= 0.6 is 12.2 Å². The van der Waals surface area contributed by atoms with E-state index >= 15 is 0 Å². The van der Waals surface area contributed by atoms with Gasteiger partial charge in [0, 0.05) is 5.56 Å². The molecular weight excluding hydrogens is 266 g/mol. The maximum atomic E-state index is 5.82. The Hall–Kier alpha value is -2.20. The summed E-state index contributed by atoms with van der Waals surface area (Å²) in [6, 6.07) is 12.1. The summed E-state index contributed by atoms with van der Waals surface area (Å²) < 4.78 is 2.04. The van der Waals surface area contributed by atoms with E-state index in [1.54, 1.807) is 0 Å². The van der Waals surface area contributed by atoms with Gasteiger partial charge in [0.15, 0.2) is 0 Å². The summed E-state index contributed by atoms with van der Waals surface area (Å²) in [6.07, 6.45) is 1.82. The Kier molecular flexibility index (Phi) is 3.03. The number of nitrogens with two attached hydrogens (primary N) is 1. The molecule has 4 heteroatoms. The first-order chi connectivity index (χ1) is 9.58. The molecule has 0 amide bonds. The van der Waals surface area contributed by atoms with Crippen molar-refractivity contribution in [1.29, 1.82) is 0 Å². The molecule has 3 aromatic rings. The number of fused-ring (bicyclic) bond motifs is 1. The van der Waals surface area contributed by atoms with E-state index in [0.29, 0.717) is 4.99 Å². The van der Waals surface area contributed by atoms with Crippen LogP contribution in [0.25, 0.3) is 16.7 Å². The summed E-state index contributed by atoms with van der Waals surface area (Å²) in [4.78, 5) is 4.87. The summed E-state index contributed by atoms with van der Waals surface area (Å²) in [5.41, 5.74) is 12.2. The molecule has 2 aromatic carbocycles. The van der Waals surface area contributed by atoms with E-state index in [0.717, 1.165) is 22.3 Å². The smallest absolute Gasteiger partial charge is 0.106 e. The zero-order valence-corrected chi connectivity index (χ0v) is 12.2. The molecule has 1 aromatic heterocycles. The van der Waals surface area contributed by atoms with Crippen molar-refractivity contribution in [3.05, 3.63) is 59.4 Å². The van der Waals surface area contributed by atoms with Gasteiger partial charge in [0.25, 0.3) is 0 Å². The van der Waals surface area contributed by atoms with Gasteiger partial charge in [-0.05, 0) is 49.2 Å². The summed E-state index contributed by atoms with van der Waals surface area (Å²) in [5, 5.41) is 0. The Balaban J connectivity index is 2.31. The Bertz CT molecular complexity index is 818. The van der Waals surface area contributed by atoms with Crippen molar-refractivity contribution in [2.75, 3.05) is 0 Å². The number of para-hydroxylation sites is 1. The fraction of sp³-hybridized carbons (Fsp3) is 0.125. The summed E-state index contributed by atoms with van der Waals surface area (Å²) in [7, 11) is 0. The molecule has 0 radical (unpaired) electrons. The highest BCUT2D eigenvalue weighted by atomic mass is 32.1. The number of benzene rings is 2. The number of thiocarbonyl (C=S) groups is 1. The van der Waals surface area contributed by atoms with Gasteiger partial charge in [0.2, 0.25) is 0 Å². The number of hydrogen-bond acceptors (Lipinski definition) is 2. The number of aryl methyl sites for hydroxylation is 2. The molecule has 0 unspecified atom stereocenters. The van der Waals surface area contributed by atoms with Crippen LogP contribution in [-0.4, -0.2) is 14.5 Å². The van der Waals surface area contributed by atoms with Crippen LogP contribution in [0.5, 0.6) is 0 Å². The van der Waals surface area contributed by atoms with Gasteiger partial charge < -0.3 is 5.73 Å². The van der Waals surface area contributed by atoms with Gasteiger partial charge in [0.05, 0.1) is 16.7 Å². The van der Waals surface area contributed by atoms with E-state index in [-0.39, 0.29) is 0 Å². The monoisotopic (exact) mass is 281 g/mol. The Labute approximate surface area is 123 Å². The Morgan fingerprint density at radius 2 is 1.85 bits per heavy atom. The van der Waals surface area contributed by atoms with Gasteiger partial charge in [-0.1, -0.05) is 24.4 Å². The normalized spacial score (nSPS) is 10.9. The maximum Gasteiger partial charge on any atom is 0.106 e. The van der Waals surface area contributed by atoms with E-state index in [9.17, 15) is 0 Å². The molecule has 100 valence electrons. The van der Waals surface area contributed by atoms with Gasteiger partial charge in [-0.2, -0.15) is 0 Å². The molecule has 3 rings (SSSR count). The van der Waals surface area contributed by atoms with E-state index in [2.05, 4.69) is 31.0 Å². The van der Waals surface area contributed by atoms with Crippen molar-refractivity contribution >= 4 is 28.2 Å². The minimum Gasteiger partial charge on any atom is -0.389 e. The van der Waals surface area contributed by atoms with Crippen LogP contribution in [-0.2, 0) is 0 Å². The predicted molar refractivity (Wildman–Crippen MR) is 86.4 cm³/mol. The van der Waals surface area contributed by atoms with Crippen LogP contribution in [0, 0.1) is 13.8 Å².